The lowest BCUT2D eigenvalue weighted by Crippen LogP contribution is -2.58. The predicted molar refractivity (Wildman–Crippen MR) is 244 cm³/mol. The summed E-state index contributed by atoms with van der Waals surface area (Å²) < 4.78 is 41.5. The molecule has 7 rings (SSSR count). The minimum atomic E-state index is -1.05. The van der Waals surface area contributed by atoms with Gasteiger partial charge in [0.05, 0.1) is 66.1 Å². The first-order chi connectivity index (χ1) is 32.5. The van der Waals surface area contributed by atoms with Crippen LogP contribution in [0.15, 0.2) is 60.4 Å². The van der Waals surface area contributed by atoms with Crippen LogP contribution in [0.25, 0.3) is 10.4 Å². The van der Waals surface area contributed by atoms with E-state index in [-0.39, 0.29) is 69.4 Å². The Morgan fingerprint density at radius 3 is 2.44 bits per heavy atom. The van der Waals surface area contributed by atoms with Crippen molar-refractivity contribution in [3.8, 4) is 10.4 Å². The molecule has 6 N–H and O–H groups in total. The molecule has 362 valence electrons. The third kappa shape index (κ3) is 12.5. The standard InChI is InChI=1S/C46H55F2N11O8S/c1-26-40(68-25-50-26)28-10-8-27(9-11-28)19-49-42(62)36-18-31(60)22-59(36)45(65)41(46(2,3)4)54-37(61)24-66-17-16-58-21-30(55-57-58)23-67-32-14-12-29(13-15-32)52-44(64)39-35(20-51-56-39)53-43(63)38-33(47)6-5-7-34(38)48/h5-11,20-21,25,29,31-32,36,41,60H,12-19,22-24H2,1-4H3,(H,49,62)(H,51,56)(H,52,64)(H,53,63)(H,54,61). The van der Waals surface area contributed by atoms with Gasteiger partial charge in [0.1, 0.15) is 47.3 Å². The number of anilines is 1. The lowest BCUT2D eigenvalue weighted by atomic mass is 9.85. The van der Waals surface area contributed by atoms with Gasteiger partial charge in [0.25, 0.3) is 11.8 Å². The van der Waals surface area contributed by atoms with Gasteiger partial charge in [0.15, 0.2) is 0 Å². The van der Waals surface area contributed by atoms with Gasteiger partial charge in [-0.05, 0) is 61.3 Å². The molecule has 68 heavy (non-hydrogen) atoms. The summed E-state index contributed by atoms with van der Waals surface area (Å²) in [5, 5.41) is 36.1. The Kier molecular flexibility index (Phi) is 16.0. The largest absolute Gasteiger partial charge is 0.391 e. The molecule has 0 bridgehead atoms. The number of β-amino-alcohol motifs (C(OH)–C–C–N with tert-alkyl or cyclic N) is 1. The number of thiazole rings is 1. The number of ether oxygens (including phenoxy) is 2. The van der Waals surface area contributed by atoms with Gasteiger partial charge in [0, 0.05) is 25.6 Å². The van der Waals surface area contributed by atoms with E-state index in [4.69, 9.17) is 9.47 Å². The highest BCUT2D eigenvalue weighted by Gasteiger charge is 2.44. The van der Waals surface area contributed by atoms with Crippen molar-refractivity contribution in [2.24, 2.45) is 5.41 Å². The number of aryl methyl sites for hydroxylation is 1. The van der Waals surface area contributed by atoms with Crippen LogP contribution in [0.2, 0.25) is 0 Å². The summed E-state index contributed by atoms with van der Waals surface area (Å²) in [5.41, 5.74) is 3.66. The zero-order valence-corrected chi connectivity index (χ0v) is 38.9. The van der Waals surface area contributed by atoms with Crippen molar-refractivity contribution in [3.05, 3.63) is 100 Å². The molecule has 22 heteroatoms. The Morgan fingerprint density at radius 1 is 1.01 bits per heavy atom. The molecule has 3 unspecified atom stereocenters. The van der Waals surface area contributed by atoms with E-state index >= 15 is 0 Å². The highest BCUT2D eigenvalue weighted by molar-refractivity contribution is 7.13. The van der Waals surface area contributed by atoms with Crippen LogP contribution in [-0.4, -0.2) is 120 Å². The average Bonchev–Trinajstić information content (AvgIpc) is 4.14. The summed E-state index contributed by atoms with van der Waals surface area (Å²) in [4.78, 5) is 72.9. The molecule has 1 saturated heterocycles. The molecule has 2 fully saturated rings. The quantitative estimate of drug-likeness (QED) is 0.0682. The Labute approximate surface area is 394 Å². The van der Waals surface area contributed by atoms with Gasteiger partial charge in [0.2, 0.25) is 17.7 Å². The molecule has 4 heterocycles. The Morgan fingerprint density at radius 2 is 1.75 bits per heavy atom. The molecule has 1 saturated carbocycles. The topological polar surface area (TPSA) is 248 Å². The minimum absolute atomic E-state index is 0.0219. The number of benzene rings is 2. The molecule has 5 aromatic rings. The molecule has 3 atom stereocenters. The fourth-order valence-electron chi connectivity index (χ4n) is 8.11. The third-order valence-corrected chi connectivity index (χ3v) is 12.8. The van der Waals surface area contributed by atoms with Crippen LogP contribution in [0.3, 0.4) is 0 Å². The van der Waals surface area contributed by atoms with Gasteiger partial charge in [-0.2, -0.15) is 5.10 Å². The van der Waals surface area contributed by atoms with Gasteiger partial charge < -0.3 is 40.7 Å². The zero-order valence-electron chi connectivity index (χ0n) is 38.1. The maximum atomic E-state index is 14.1. The van der Waals surface area contributed by atoms with Crippen molar-refractivity contribution in [1.29, 1.82) is 0 Å². The van der Waals surface area contributed by atoms with E-state index in [1.807, 2.05) is 52.0 Å². The van der Waals surface area contributed by atoms with Crippen molar-refractivity contribution >= 4 is 46.6 Å². The first-order valence-corrected chi connectivity index (χ1v) is 23.1. The number of nitrogens with one attached hydrogen (secondary N) is 5. The van der Waals surface area contributed by atoms with Crippen LogP contribution < -0.4 is 21.3 Å². The predicted octanol–water partition coefficient (Wildman–Crippen LogP) is 4.05. The number of hydrogen-bond acceptors (Lipinski definition) is 13. The lowest BCUT2D eigenvalue weighted by molar-refractivity contribution is -0.144. The van der Waals surface area contributed by atoms with Crippen LogP contribution >= 0.6 is 11.3 Å². The first kappa shape index (κ1) is 49.4. The summed E-state index contributed by atoms with van der Waals surface area (Å²) >= 11 is 1.56. The number of aliphatic hydroxyl groups excluding tert-OH is 1. The van der Waals surface area contributed by atoms with Gasteiger partial charge in [-0.25, -0.2) is 18.4 Å². The van der Waals surface area contributed by atoms with Gasteiger partial charge >= 0.3 is 0 Å². The molecule has 0 radical (unpaired) electrons. The second-order valence-electron chi connectivity index (χ2n) is 17.9. The maximum absolute atomic E-state index is 14.1. The summed E-state index contributed by atoms with van der Waals surface area (Å²) in [6, 6.07) is 8.76. The monoisotopic (exact) mass is 959 g/mol. The van der Waals surface area contributed by atoms with Crippen LogP contribution in [0.5, 0.6) is 0 Å². The summed E-state index contributed by atoms with van der Waals surface area (Å²) in [6.45, 7) is 7.83. The van der Waals surface area contributed by atoms with E-state index in [1.165, 1.54) is 11.1 Å². The van der Waals surface area contributed by atoms with Gasteiger partial charge in [-0.15, -0.1) is 16.4 Å². The highest BCUT2D eigenvalue weighted by atomic mass is 32.1. The Balaban J connectivity index is 0.800. The van der Waals surface area contributed by atoms with Crippen molar-refractivity contribution in [1.82, 2.24) is 51.0 Å². The molecule has 3 aromatic heterocycles. The van der Waals surface area contributed by atoms with E-state index in [1.54, 1.807) is 27.7 Å². The van der Waals surface area contributed by atoms with E-state index in [2.05, 4.69) is 46.8 Å². The number of aromatic amines is 1. The maximum Gasteiger partial charge on any atom is 0.271 e. The Hall–Kier alpha value is -6.49. The summed E-state index contributed by atoms with van der Waals surface area (Å²) in [5.74, 6) is -5.05. The number of aromatic nitrogens is 6. The highest BCUT2D eigenvalue weighted by Crippen LogP contribution is 2.29. The molecule has 0 spiro atoms. The van der Waals surface area contributed by atoms with Crippen molar-refractivity contribution in [3.63, 3.8) is 0 Å². The number of nitrogens with zero attached hydrogens (tertiary/aromatic N) is 6. The fraction of sp³-hybridized carbons (Fsp3) is 0.457. The molecule has 2 aromatic carbocycles. The molecule has 1 aliphatic carbocycles. The van der Waals surface area contributed by atoms with Crippen LogP contribution in [0.4, 0.5) is 14.5 Å². The fourth-order valence-corrected chi connectivity index (χ4v) is 8.92. The van der Waals surface area contributed by atoms with Gasteiger partial charge in [-0.1, -0.05) is 56.3 Å². The minimum Gasteiger partial charge on any atom is -0.391 e. The van der Waals surface area contributed by atoms with Crippen molar-refractivity contribution in [2.75, 3.05) is 25.1 Å². The molecule has 1 aliphatic heterocycles. The average molecular weight is 960 g/mol. The number of halogens is 2. The molecule has 2 aliphatic rings. The number of carbonyl (C=O) groups is 5. The van der Waals surface area contributed by atoms with E-state index in [0.29, 0.717) is 31.4 Å². The SMILES string of the molecule is Cc1ncsc1-c1ccc(CNC(=O)C2CC(O)CN2C(=O)C(NC(=O)COCCn2cc(COC3CCC(NC(=O)c4[nH]ncc4NC(=O)c4c(F)cccc4F)CC3)nn2)C(C)(C)C)cc1. The Bertz CT molecular complexity index is 2550. The van der Waals surface area contributed by atoms with E-state index in [0.717, 1.165) is 39.9 Å². The molecule has 19 nitrogen and oxygen atoms in total. The number of carbonyl (C=O) groups excluding carboxylic acids is 5. The number of rotatable bonds is 18. The van der Waals surface area contributed by atoms with E-state index in [9.17, 15) is 37.9 Å². The van der Waals surface area contributed by atoms with Crippen LogP contribution in [-0.2, 0) is 43.6 Å². The van der Waals surface area contributed by atoms with Gasteiger partial charge in [-0.3, -0.25) is 29.1 Å². The van der Waals surface area contributed by atoms with E-state index < -0.39 is 70.3 Å². The lowest BCUT2D eigenvalue weighted by Gasteiger charge is -2.35. The summed E-state index contributed by atoms with van der Waals surface area (Å²) in [6.07, 6.45) is 4.49. The number of aliphatic hydroxyl groups is 1. The number of likely N-dealkylation sites (tertiary alicyclic amines) is 1. The van der Waals surface area contributed by atoms with Crippen LogP contribution in [0.1, 0.15) is 90.7 Å². The first-order valence-electron chi connectivity index (χ1n) is 22.3. The molecule has 5 amide bonds. The van der Waals surface area contributed by atoms with Crippen molar-refractivity contribution in [2.45, 2.75) is 110 Å². The number of amides is 5. The molecular formula is C46H55F2N11O8S. The number of hydrogen-bond donors (Lipinski definition) is 6. The zero-order chi connectivity index (χ0) is 48.5. The normalized spacial score (nSPS) is 18.8. The van der Waals surface area contributed by atoms with Crippen molar-refractivity contribution < 1.29 is 47.3 Å². The summed E-state index contributed by atoms with van der Waals surface area (Å²) in [7, 11) is 0. The third-order valence-electron chi connectivity index (χ3n) is 11.8. The second kappa shape index (κ2) is 22.1. The second-order valence-corrected chi connectivity index (χ2v) is 18.8. The van der Waals surface area contributed by atoms with Crippen LogP contribution in [0, 0.1) is 24.0 Å². The smallest absolute Gasteiger partial charge is 0.271 e. The number of H-pyrrole nitrogens is 1. The molecular weight excluding hydrogens is 905 g/mol.